The number of Topliss-reactive ketones (excluding diaryl/α,β-unsaturated/α-hetero) is 1. The molecule has 36 heavy (non-hydrogen) atoms. The summed E-state index contributed by atoms with van der Waals surface area (Å²) < 4.78 is 12.2. The zero-order valence-corrected chi connectivity index (χ0v) is 20.9. The standard InChI is InChI=1S/C31H29NO4/c1-6-16-32-30-26-21(4)17-20(3)18-24(26)36-31(30,23-14-12-19(2)13-15-23)27(22-10-8-7-9-11-22)25(28(30)33)29(34)35-5/h1,7-15,17-18,25,27,32H,16H2,2-5H3/t25-,27-,30+,31+/m1/s1. The predicted molar refractivity (Wildman–Crippen MR) is 138 cm³/mol. The number of carbonyl (C=O) groups is 2. The van der Waals surface area contributed by atoms with Gasteiger partial charge in [0.15, 0.2) is 16.9 Å². The Morgan fingerprint density at radius 2 is 1.75 bits per heavy atom. The van der Waals surface area contributed by atoms with Gasteiger partial charge in [-0.1, -0.05) is 72.1 Å². The summed E-state index contributed by atoms with van der Waals surface area (Å²) >= 11 is 0. The highest BCUT2D eigenvalue weighted by Crippen LogP contribution is 2.67. The van der Waals surface area contributed by atoms with E-state index >= 15 is 0 Å². The van der Waals surface area contributed by atoms with Crippen molar-refractivity contribution < 1.29 is 19.1 Å². The molecule has 5 nitrogen and oxygen atoms in total. The Bertz CT molecular complexity index is 1390. The van der Waals surface area contributed by atoms with Crippen molar-refractivity contribution in [2.75, 3.05) is 13.7 Å². The van der Waals surface area contributed by atoms with Gasteiger partial charge in [-0.2, -0.15) is 0 Å². The molecule has 3 aromatic carbocycles. The third kappa shape index (κ3) is 3.08. The summed E-state index contributed by atoms with van der Waals surface area (Å²) in [5.41, 5.74) is 2.63. The van der Waals surface area contributed by atoms with Gasteiger partial charge in [0.25, 0.3) is 0 Å². The maximum Gasteiger partial charge on any atom is 0.317 e. The third-order valence-electron chi connectivity index (χ3n) is 7.62. The number of terminal acetylenes is 1. The number of aryl methyl sites for hydroxylation is 3. The van der Waals surface area contributed by atoms with E-state index in [0.29, 0.717) is 5.75 Å². The molecule has 0 saturated heterocycles. The van der Waals surface area contributed by atoms with Gasteiger partial charge in [0, 0.05) is 5.56 Å². The second-order valence-corrected chi connectivity index (χ2v) is 9.72. The number of nitrogens with one attached hydrogen (secondary N) is 1. The van der Waals surface area contributed by atoms with Crippen LogP contribution in [0.5, 0.6) is 5.75 Å². The lowest BCUT2D eigenvalue weighted by Gasteiger charge is -2.42. The molecule has 1 heterocycles. The van der Waals surface area contributed by atoms with Gasteiger partial charge in [0.2, 0.25) is 0 Å². The van der Waals surface area contributed by atoms with E-state index in [2.05, 4.69) is 11.2 Å². The fourth-order valence-corrected chi connectivity index (χ4v) is 6.35. The van der Waals surface area contributed by atoms with E-state index in [1.165, 1.54) is 7.11 Å². The van der Waals surface area contributed by atoms with Crippen LogP contribution in [0.3, 0.4) is 0 Å². The first-order valence-corrected chi connectivity index (χ1v) is 12.0. The molecular weight excluding hydrogens is 450 g/mol. The van der Waals surface area contributed by atoms with Crippen molar-refractivity contribution in [1.82, 2.24) is 5.32 Å². The molecule has 3 aromatic rings. The van der Waals surface area contributed by atoms with Gasteiger partial charge in [-0.15, -0.1) is 6.42 Å². The van der Waals surface area contributed by atoms with E-state index in [1.54, 1.807) is 0 Å². The Kier molecular flexibility index (Phi) is 5.73. The number of fused-ring (bicyclic) bond motifs is 3. The lowest BCUT2D eigenvalue weighted by atomic mass is 9.68. The summed E-state index contributed by atoms with van der Waals surface area (Å²) in [6, 6.07) is 21.5. The molecule has 0 unspecified atom stereocenters. The molecule has 5 heteroatoms. The fraction of sp³-hybridized carbons (Fsp3) is 0.290. The van der Waals surface area contributed by atoms with Gasteiger partial charge < -0.3 is 9.47 Å². The van der Waals surface area contributed by atoms with Crippen LogP contribution in [-0.2, 0) is 25.5 Å². The molecule has 1 N–H and O–H groups in total. The van der Waals surface area contributed by atoms with Gasteiger partial charge in [0.05, 0.1) is 19.6 Å². The van der Waals surface area contributed by atoms with Crippen molar-refractivity contribution in [2.45, 2.75) is 37.8 Å². The Morgan fingerprint density at radius 3 is 2.39 bits per heavy atom. The van der Waals surface area contributed by atoms with Crippen LogP contribution in [0.2, 0.25) is 0 Å². The summed E-state index contributed by atoms with van der Waals surface area (Å²) in [7, 11) is 1.31. The summed E-state index contributed by atoms with van der Waals surface area (Å²) in [5.74, 6) is 0.601. The van der Waals surface area contributed by atoms with Crippen molar-refractivity contribution in [3.63, 3.8) is 0 Å². The first kappa shape index (κ1) is 23.8. The SMILES string of the molecule is C#CCN[C@@]12C(=O)[C@H](C(=O)OC)[C@@H](c3ccccc3)[C@]1(c1ccc(C)cc1)Oc1cc(C)cc(C)c12. The normalized spacial score (nSPS) is 26.0. The fourth-order valence-electron chi connectivity index (χ4n) is 6.35. The van der Waals surface area contributed by atoms with Crippen molar-refractivity contribution in [1.29, 1.82) is 0 Å². The van der Waals surface area contributed by atoms with Crippen LogP contribution in [0.1, 0.15) is 39.3 Å². The lowest BCUT2D eigenvalue weighted by molar-refractivity contribution is -0.149. The number of hydrogen-bond donors (Lipinski definition) is 1. The molecule has 0 spiro atoms. The van der Waals surface area contributed by atoms with Gasteiger partial charge in [-0.25, -0.2) is 0 Å². The second-order valence-electron chi connectivity index (χ2n) is 9.72. The molecule has 5 rings (SSSR count). The quantitative estimate of drug-likeness (QED) is 0.332. The zero-order valence-electron chi connectivity index (χ0n) is 20.9. The Hall–Kier alpha value is -3.88. The van der Waals surface area contributed by atoms with Crippen molar-refractivity contribution in [3.8, 4) is 18.1 Å². The number of hydrogen-bond acceptors (Lipinski definition) is 5. The van der Waals surface area contributed by atoms with Crippen molar-refractivity contribution in [3.05, 3.63) is 100 Å². The van der Waals surface area contributed by atoms with E-state index < -0.39 is 28.9 Å². The highest BCUT2D eigenvalue weighted by molar-refractivity contribution is 6.10. The summed E-state index contributed by atoms with van der Waals surface area (Å²) in [6.07, 6.45) is 5.73. The van der Waals surface area contributed by atoms with Crippen LogP contribution >= 0.6 is 0 Å². The Labute approximate surface area is 211 Å². The second kappa shape index (κ2) is 8.65. The van der Waals surface area contributed by atoms with E-state index in [9.17, 15) is 9.59 Å². The lowest BCUT2D eigenvalue weighted by Crippen LogP contribution is -2.59. The number of methoxy groups -OCH3 is 1. The van der Waals surface area contributed by atoms with Gasteiger partial charge in [-0.05, 0) is 49.1 Å². The molecule has 0 radical (unpaired) electrons. The van der Waals surface area contributed by atoms with Gasteiger partial charge in [0.1, 0.15) is 11.7 Å². The molecule has 1 saturated carbocycles. The maximum atomic E-state index is 14.7. The number of rotatable bonds is 5. The Balaban J connectivity index is 1.95. The third-order valence-corrected chi connectivity index (χ3v) is 7.62. The van der Waals surface area contributed by atoms with E-state index in [-0.39, 0.29) is 12.3 Å². The first-order chi connectivity index (χ1) is 17.3. The maximum absolute atomic E-state index is 14.7. The number of ketones is 1. The van der Waals surface area contributed by atoms with Crippen LogP contribution in [-0.4, -0.2) is 25.4 Å². The smallest absolute Gasteiger partial charge is 0.317 e. The molecule has 2 aliphatic rings. The average Bonchev–Trinajstić information content (AvgIpc) is 3.28. The highest BCUT2D eigenvalue weighted by Gasteiger charge is 2.78. The molecule has 4 atom stereocenters. The monoisotopic (exact) mass is 479 g/mol. The van der Waals surface area contributed by atoms with Crippen LogP contribution in [0, 0.1) is 39.0 Å². The molecule has 1 fully saturated rings. The molecule has 182 valence electrons. The first-order valence-electron chi connectivity index (χ1n) is 12.0. The number of esters is 1. The summed E-state index contributed by atoms with van der Waals surface area (Å²) in [5, 5.41) is 3.42. The number of carbonyl (C=O) groups excluding carboxylic acids is 2. The molecule has 0 aromatic heterocycles. The average molecular weight is 480 g/mol. The Morgan fingerprint density at radius 1 is 1.06 bits per heavy atom. The van der Waals surface area contributed by atoms with Gasteiger partial charge in [-0.3, -0.25) is 14.9 Å². The summed E-state index contributed by atoms with van der Waals surface area (Å²) in [6.45, 7) is 6.09. The highest BCUT2D eigenvalue weighted by atomic mass is 16.5. The summed E-state index contributed by atoms with van der Waals surface area (Å²) in [4.78, 5) is 28.1. The number of ether oxygens (including phenoxy) is 2. The topological polar surface area (TPSA) is 64.6 Å². The minimum Gasteiger partial charge on any atom is -0.479 e. The van der Waals surface area contributed by atoms with Crippen molar-refractivity contribution in [2.24, 2.45) is 5.92 Å². The van der Waals surface area contributed by atoms with E-state index in [1.807, 2.05) is 87.5 Å². The minimum atomic E-state index is -1.40. The molecule has 1 aliphatic heterocycles. The molecule has 1 aliphatic carbocycles. The van der Waals surface area contributed by atoms with Gasteiger partial charge >= 0.3 is 5.97 Å². The largest absolute Gasteiger partial charge is 0.479 e. The minimum absolute atomic E-state index is 0.116. The predicted octanol–water partition coefficient (Wildman–Crippen LogP) is 4.47. The van der Waals surface area contributed by atoms with Crippen LogP contribution in [0.4, 0.5) is 0 Å². The molecule has 0 bridgehead atoms. The van der Waals surface area contributed by atoms with Crippen LogP contribution < -0.4 is 10.1 Å². The van der Waals surface area contributed by atoms with E-state index in [0.717, 1.165) is 33.4 Å². The number of benzene rings is 3. The van der Waals surface area contributed by atoms with E-state index in [4.69, 9.17) is 15.9 Å². The van der Waals surface area contributed by atoms with Crippen molar-refractivity contribution >= 4 is 11.8 Å². The zero-order chi connectivity index (χ0) is 25.7. The molecule has 0 amide bonds. The molecular formula is C31H29NO4. The van der Waals surface area contributed by atoms with Crippen LogP contribution in [0.25, 0.3) is 0 Å². The van der Waals surface area contributed by atoms with Crippen LogP contribution in [0.15, 0.2) is 66.7 Å².